The van der Waals surface area contributed by atoms with Crippen molar-refractivity contribution in [3.8, 4) is 0 Å². The van der Waals surface area contributed by atoms with Gasteiger partial charge in [0, 0.05) is 59.1 Å². The minimum absolute atomic E-state index is 0.00528. The molecule has 0 bridgehead atoms. The molecule has 2 fully saturated rings. The predicted molar refractivity (Wildman–Crippen MR) is 110 cm³/mol. The van der Waals surface area contributed by atoms with Crippen LogP contribution in [-0.2, 0) is 16.1 Å². The number of aliphatic imine (C=N–C) groups is 1. The van der Waals surface area contributed by atoms with Gasteiger partial charge in [0.15, 0.2) is 5.96 Å². The maximum Gasteiger partial charge on any atom is 0.308 e. The van der Waals surface area contributed by atoms with Gasteiger partial charge in [-0.15, -0.1) is 0 Å². The first-order chi connectivity index (χ1) is 13.6. The van der Waals surface area contributed by atoms with E-state index in [1.807, 2.05) is 12.3 Å². The van der Waals surface area contributed by atoms with E-state index in [4.69, 9.17) is 4.74 Å². The van der Waals surface area contributed by atoms with Crippen LogP contribution >= 0.6 is 0 Å². The fraction of sp³-hybridized carbons (Fsp3) is 0.650. The Morgan fingerprint density at radius 2 is 1.96 bits per heavy atom. The topological polar surface area (TPSA) is 73.3 Å². The molecule has 2 aliphatic heterocycles. The highest BCUT2D eigenvalue weighted by Gasteiger charge is 2.27. The maximum atomic E-state index is 11.7. The molecule has 1 N–H and O–H groups in total. The molecule has 0 unspecified atom stereocenters. The number of guanidine groups is 1. The molecule has 0 amide bonds. The van der Waals surface area contributed by atoms with Crippen LogP contribution in [0.3, 0.4) is 0 Å². The number of carbonyl (C=O) groups is 1. The van der Waals surface area contributed by atoms with Crippen LogP contribution in [0.2, 0.25) is 0 Å². The SMILES string of the molecule is CN=C(NCc1ccnc(N2CCN(C)CC2)c1)N1CCC(C(=O)OC)CC1. The van der Waals surface area contributed by atoms with E-state index >= 15 is 0 Å². The Hall–Kier alpha value is -2.35. The van der Waals surface area contributed by atoms with Crippen molar-refractivity contribution in [2.24, 2.45) is 10.9 Å². The number of likely N-dealkylation sites (N-methyl/N-ethyl adjacent to an activating group) is 1. The van der Waals surface area contributed by atoms with Gasteiger partial charge in [0.05, 0.1) is 13.0 Å². The molecule has 8 heteroatoms. The monoisotopic (exact) mass is 388 g/mol. The third-order valence-corrected chi connectivity index (χ3v) is 5.63. The summed E-state index contributed by atoms with van der Waals surface area (Å²) in [5.41, 5.74) is 1.19. The molecular formula is C20H32N6O2. The van der Waals surface area contributed by atoms with Gasteiger partial charge < -0.3 is 24.8 Å². The summed E-state index contributed by atoms with van der Waals surface area (Å²) >= 11 is 0. The molecule has 0 spiro atoms. The predicted octanol–water partition coefficient (Wildman–Crippen LogP) is 0.794. The zero-order chi connectivity index (χ0) is 19.9. The number of anilines is 1. The Morgan fingerprint density at radius 1 is 1.25 bits per heavy atom. The van der Waals surface area contributed by atoms with Gasteiger partial charge >= 0.3 is 5.97 Å². The number of rotatable bonds is 4. The molecule has 28 heavy (non-hydrogen) atoms. The Bertz CT molecular complexity index is 679. The number of piperidine rings is 1. The van der Waals surface area contributed by atoms with E-state index in [1.165, 1.54) is 12.7 Å². The van der Waals surface area contributed by atoms with Crippen molar-refractivity contribution in [3.63, 3.8) is 0 Å². The lowest BCUT2D eigenvalue weighted by Gasteiger charge is -2.34. The Morgan fingerprint density at radius 3 is 2.61 bits per heavy atom. The first-order valence-electron chi connectivity index (χ1n) is 10.0. The smallest absolute Gasteiger partial charge is 0.308 e. The highest BCUT2D eigenvalue weighted by atomic mass is 16.5. The van der Waals surface area contributed by atoms with E-state index in [0.717, 1.165) is 63.9 Å². The van der Waals surface area contributed by atoms with Gasteiger partial charge in [-0.25, -0.2) is 4.98 Å². The quantitative estimate of drug-likeness (QED) is 0.464. The number of pyridine rings is 1. The summed E-state index contributed by atoms with van der Waals surface area (Å²) in [6, 6.07) is 4.21. The zero-order valence-electron chi connectivity index (χ0n) is 17.2. The van der Waals surface area contributed by atoms with Crippen LogP contribution in [0.4, 0.5) is 5.82 Å². The van der Waals surface area contributed by atoms with Crippen LogP contribution in [0.5, 0.6) is 0 Å². The van der Waals surface area contributed by atoms with Crippen LogP contribution in [0.25, 0.3) is 0 Å². The second-order valence-corrected chi connectivity index (χ2v) is 7.50. The number of nitrogens with one attached hydrogen (secondary N) is 1. The number of hydrogen-bond donors (Lipinski definition) is 1. The van der Waals surface area contributed by atoms with Crippen LogP contribution in [0, 0.1) is 5.92 Å². The lowest BCUT2D eigenvalue weighted by molar-refractivity contribution is -0.146. The van der Waals surface area contributed by atoms with Crippen molar-refractivity contribution in [1.82, 2.24) is 20.1 Å². The largest absolute Gasteiger partial charge is 0.469 e. The lowest BCUT2D eigenvalue weighted by atomic mass is 9.97. The van der Waals surface area contributed by atoms with Crippen molar-refractivity contribution in [2.45, 2.75) is 19.4 Å². The molecule has 0 aromatic carbocycles. The van der Waals surface area contributed by atoms with Crippen LogP contribution in [-0.4, -0.2) is 87.2 Å². The molecule has 3 rings (SSSR count). The van der Waals surface area contributed by atoms with Crippen molar-refractivity contribution in [2.75, 3.05) is 65.4 Å². The molecule has 1 aromatic heterocycles. The van der Waals surface area contributed by atoms with E-state index < -0.39 is 0 Å². The highest BCUT2D eigenvalue weighted by Crippen LogP contribution is 2.19. The first kappa shape index (κ1) is 20.4. The second kappa shape index (κ2) is 9.73. The zero-order valence-corrected chi connectivity index (χ0v) is 17.2. The van der Waals surface area contributed by atoms with E-state index in [9.17, 15) is 4.79 Å². The minimum Gasteiger partial charge on any atom is -0.469 e. The summed E-state index contributed by atoms with van der Waals surface area (Å²) in [6.45, 7) is 6.47. The summed E-state index contributed by atoms with van der Waals surface area (Å²) in [5, 5.41) is 3.46. The highest BCUT2D eigenvalue weighted by molar-refractivity contribution is 5.80. The molecule has 8 nitrogen and oxygen atoms in total. The maximum absolute atomic E-state index is 11.7. The Labute approximate surface area is 167 Å². The third kappa shape index (κ3) is 5.13. The number of hydrogen-bond acceptors (Lipinski definition) is 6. The number of piperazine rings is 1. The van der Waals surface area contributed by atoms with Gasteiger partial charge in [-0.2, -0.15) is 0 Å². The molecule has 0 saturated carbocycles. The van der Waals surface area contributed by atoms with Crippen LogP contribution in [0.15, 0.2) is 23.3 Å². The summed E-state index contributed by atoms with van der Waals surface area (Å²) in [7, 11) is 5.42. The lowest BCUT2D eigenvalue weighted by Crippen LogP contribution is -2.46. The van der Waals surface area contributed by atoms with Gasteiger partial charge in [-0.3, -0.25) is 9.79 Å². The van der Waals surface area contributed by atoms with Crippen LogP contribution < -0.4 is 10.2 Å². The van der Waals surface area contributed by atoms with Crippen molar-refractivity contribution < 1.29 is 9.53 Å². The standard InChI is InChI=1S/C20H32N6O2/c1-21-20(26-8-5-17(6-9-26)19(27)28-3)23-15-16-4-7-22-18(14-16)25-12-10-24(2)11-13-25/h4,7,14,17H,5-6,8-13,15H2,1-3H3,(H,21,23). The van der Waals surface area contributed by atoms with Crippen molar-refractivity contribution in [3.05, 3.63) is 23.9 Å². The molecule has 154 valence electrons. The molecule has 0 atom stereocenters. The summed E-state index contributed by atoms with van der Waals surface area (Å²) < 4.78 is 4.87. The molecule has 2 aliphatic rings. The fourth-order valence-electron chi connectivity index (χ4n) is 3.79. The van der Waals surface area contributed by atoms with E-state index in [0.29, 0.717) is 6.54 Å². The number of likely N-dealkylation sites (tertiary alicyclic amines) is 1. The van der Waals surface area contributed by atoms with E-state index in [2.05, 4.69) is 43.1 Å². The van der Waals surface area contributed by atoms with Crippen LogP contribution in [0.1, 0.15) is 18.4 Å². The van der Waals surface area contributed by atoms with Crippen molar-refractivity contribution in [1.29, 1.82) is 0 Å². The minimum atomic E-state index is -0.101. The number of carbonyl (C=O) groups excluding carboxylic acids is 1. The molecule has 3 heterocycles. The normalized spacial score (nSPS) is 19.6. The number of esters is 1. The van der Waals surface area contributed by atoms with Gasteiger partial charge in [0.2, 0.25) is 0 Å². The number of methoxy groups -OCH3 is 1. The molecule has 0 aliphatic carbocycles. The van der Waals surface area contributed by atoms with Gasteiger partial charge in [-0.1, -0.05) is 0 Å². The summed E-state index contributed by atoms with van der Waals surface area (Å²) in [5.74, 6) is 1.82. The van der Waals surface area contributed by atoms with E-state index in [1.54, 1.807) is 7.05 Å². The van der Waals surface area contributed by atoms with Gasteiger partial charge in [0.1, 0.15) is 5.82 Å². The summed E-state index contributed by atoms with van der Waals surface area (Å²) in [4.78, 5) is 27.6. The Kier molecular flexibility index (Phi) is 7.08. The molecular weight excluding hydrogens is 356 g/mol. The average molecular weight is 389 g/mol. The number of ether oxygens (including phenoxy) is 1. The number of nitrogens with zero attached hydrogens (tertiary/aromatic N) is 5. The molecule has 1 aromatic rings. The second-order valence-electron chi connectivity index (χ2n) is 7.50. The Balaban J connectivity index is 1.53. The first-order valence-corrected chi connectivity index (χ1v) is 10.0. The summed E-state index contributed by atoms with van der Waals surface area (Å²) in [6.07, 6.45) is 3.49. The third-order valence-electron chi connectivity index (χ3n) is 5.63. The van der Waals surface area contributed by atoms with Gasteiger partial charge in [-0.05, 0) is 37.6 Å². The molecule has 0 radical (unpaired) electrons. The average Bonchev–Trinajstić information content (AvgIpc) is 2.75. The molecule has 2 saturated heterocycles. The van der Waals surface area contributed by atoms with Gasteiger partial charge in [0.25, 0.3) is 0 Å². The fourth-order valence-corrected chi connectivity index (χ4v) is 3.79. The van der Waals surface area contributed by atoms with E-state index in [-0.39, 0.29) is 11.9 Å². The van der Waals surface area contributed by atoms with Crippen molar-refractivity contribution >= 4 is 17.7 Å². The number of aromatic nitrogens is 1.